The summed E-state index contributed by atoms with van der Waals surface area (Å²) in [6, 6.07) is 11.8. The van der Waals surface area contributed by atoms with Crippen molar-refractivity contribution < 1.29 is 8.42 Å². The number of anilines is 1. The Bertz CT molecular complexity index is 1150. The second kappa shape index (κ2) is 4.93. The summed E-state index contributed by atoms with van der Waals surface area (Å²) in [6.07, 6.45) is 0. The molecule has 0 atom stereocenters. The highest BCUT2D eigenvalue weighted by atomic mass is 32.2. The molecule has 23 heavy (non-hydrogen) atoms. The second-order valence-corrected chi connectivity index (χ2v) is 7.59. The van der Waals surface area contributed by atoms with Gasteiger partial charge in [-0.15, -0.1) is 0 Å². The first kappa shape index (κ1) is 14.0. The number of thiazole rings is 1. The van der Waals surface area contributed by atoms with E-state index < -0.39 is 10.0 Å². The summed E-state index contributed by atoms with van der Waals surface area (Å²) in [4.78, 5) is 20.7. The molecular weight excluding hydrogens is 336 g/mol. The molecule has 2 aromatic carbocycles. The van der Waals surface area contributed by atoms with Gasteiger partial charge >= 0.3 is 5.69 Å². The van der Waals surface area contributed by atoms with Crippen molar-refractivity contribution in [2.75, 3.05) is 4.72 Å². The number of hydrogen-bond acceptors (Lipinski definition) is 5. The normalized spacial score (nSPS) is 12.0. The highest BCUT2D eigenvalue weighted by molar-refractivity contribution is 7.93. The molecule has 7 nitrogen and oxygen atoms in total. The Morgan fingerprint density at radius 3 is 2.65 bits per heavy atom. The lowest BCUT2D eigenvalue weighted by Gasteiger charge is -2.04. The van der Waals surface area contributed by atoms with E-state index in [4.69, 9.17) is 0 Å². The van der Waals surface area contributed by atoms with Crippen LogP contribution in [-0.4, -0.2) is 23.4 Å². The number of sulfonamides is 1. The molecule has 0 aliphatic rings. The summed E-state index contributed by atoms with van der Waals surface area (Å²) in [5.41, 5.74) is 1.34. The maximum Gasteiger partial charge on any atom is 0.323 e. The van der Waals surface area contributed by atoms with Gasteiger partial charge < -0.3 is 9.97 Å². The van der Waals surface area contributed by atoms with Crippen molar-refractivity contribution in [1.82, 2.24) is 15.0 Å². The summed E-state index contributed by atoms with van der Waals surface area (Å²) < 4.78 is 28.3. The van der Waals surface area contributed by atoms with Gasteiger partial charge in [0.15, 0.2) is 5.13 Å². The van der Waals surface area contributed by atoms with Crippen LogP contribution in [0.4, 0.5) is 5.13 Å². The van der Waals surface area contributed by atoms with Crippen LogP contribution in [0.15, 0.2) is 52.2 Å². The quantitative estimate of drug-likeness (QED) is 0.529. The molecule has 0 aliphatic heterocycles. The number of para-hydroxylation sites is 1. The molecule has 0 aliphatic carbocycles. The van der Waals surface area contributed by atoms with Crippen LogP contribution in [-0.2, 0) is 10.0 Å². The largest absolute Gasteiger partial charge is 0.323 e. The van der Waals surface area contributed by atoms with Gasteiger partial charge in [-0.05, 0) is 30.3 Å². The van der Waals surface area contributed by atoms with Gasteiger partial charge in [0.25, 0.3) is 10.0 Å². The van der Waals surface area contributed by atoms with E-state index in [9.17, 15) is 13.2 Å². The third-order valence-corrected chi connectivity index (χ3v) is 5.73. The topological polar surface area (TPSA) is 108 Å². The Labute approximate surface area is 134 Å². The van der Waals surface area contributed by atoms with Crippen molar-refractivity contribution >= 4 is 47.7 Å². The van der Waals surface area contributed by atoms with Gasteiger partial charge in [-0.25, -0.2) is 18.2 Å². The third kappa shape index (κ3) is 2.49. The van der Waals surface area contributed by atoms with Gasteiger partial charge in [-0.1, -0.05) is 23.5 Å². The molecule has 0 amide bonds. The van der Waals surface area contributed by atoms with Crippen molar-refractivity contribution in [2.45, 2.75) is 4.90 Å². The van der Waals surface area contributed by atoms with E-state index in [0.29, 0.717) is 16.2 Å². The van der Waals surface area contributed by atoms with Gasteiger partial charge in [0.1, 0.15) is 0 Å². The molecule has 2 heterocycles. The number of nitrogens with zero attached hydrogens (tertiary/aromatic N) is 1. The SMILES string of the molecule is O=c1[nH]c2ccc(S(=O)(=O)Nc3nc4ccccc4s3)cc2[nH]1. The van der Waals surface area contributed by atoms with Crippen molar-refractivity contribution in [3.63, 3.8) is 0 Å². The number of nitrogens with one attached hydrogen (secondary N) is 3. The number of imidazole rings is 1. The zero-order valence-corrected chi connectivity index (χ0v) is 13.2. The summed E-state index contributed by atoms with van der Waals surface area (Å²) in [7, 11) is -3.78. The van der Waals surface area contributed by atoms with Gasteiger partial charge in [0.05, 0.1) is 26.1 Å². The predicted molar refractivity (Wildman–Crippen MR) is 89.3 cm³/mol. The van der Waals surface area contributed by atoms with E-state index in [1.54, 1.807) is 6.07 Å². The first-order chi connectivity index (χ1) is 11.0. The van der Waals surface area contributed by atoms with Gasteiger partial charge in [0.2, 0.25) is 0 Å². The number of H-pyrrole nitrogens is 2. The first-order valence-electron chi connectivity index (χ1n) is 6.62. The fourth-order valence-corrected chi connectivity index (χ4v) is 4.40. The maximum atomic E-state index is 12.5. The van der Waals surface area contributed by atoms with Crippen LogP contribution in [0.2, 0.25) is 0 Å². The molecule has 0 bridgehead atoms. The van der Waals surface area contributed by atoms with Crippen LogP contribution in [0.3, 0.4) is 0 Å². The van der Waals surface area contributed by atoms with Crippen LogP contribution < -0.4 is 10.4 Å². The van der Waals surface area contributed by atoms with Crippen molar-refractivity contribution in [2.24, 2.45) is 0 Å². The van der Waals surface area contributed by atoms with E-state index in [-0.39, 0.29) is 10.6 Å². The van der Waals surface area contributed by atoms with E-state index in [1.807, 2.05) is 24.3 Å². The van der Waals surface area contributed by atoms with Crippen LogP contribution in [0, 0.1) is 0 Å². The molecule has 116 valence electrons. The number of aromatic nitrogens is 3. The smallest absolute Gasteiger partial charge is 0.306 e. The molecule has 2 aromatic heterocycles. The summed E-state index contributed by atoms with van der Waals surface area (Å²) in [5.74, 6) is 0. The standard InChI is InChI=1S/C14H10N4O3S2/c19-13-15-9-6-5-8(7-11(9)16-13)23(20,21)18-14-17-10-3-1-2-4-12(10)22-14/h1-7H,(H,17,18)(H2,15,16,19). The fraction of sp³-hybridized carbons (Fsp3) is 0. The summed E-state index contributed by atoms with van der Waals surface area (Å²) in [5, 5.41) is 0.300. The lowest BCUT2D eigenvalue weighted by Crippen LogP contribution is -2.12. The fourth-order valence-electron chi connectivity index (χ4n) is 2.27. The lowest BCUT2D eigenvalue weighted by atomic mass is 10.3. The zero-order chi connectivity index (χ0) is 16.0. The first-order valence-corrected chi connectivity index (χ1v) is 8.92. The van der Waals surface area contributed by atoms with Crippen LogP contribution in [0.1, 0.15) is 0 Å². The van der Waals surface area contributed by atoms with Crippen LogP contribution in [0.5, 0.6) is 0 Å². The van der Waals surface area contributed by atoms with Crippen molar-refractivity contribution in [3.8, 4) is 0 Å². The highest BCUT2D eigenvalue weighted by Gasteiger charge is 2.17. The average molecular weight is 346 g/mol. The minimum absolute atomic E-state index is 0.0551. The number of rotatable bonds is 3. The Morgan fingerprint density at radius 2 is 1.83 bits per heavy atom. The van der Waals surface area contributed by atoms with Gasteiger partial charge in [-0.3, -0.25) is 4.72 Å². The van der Waals surface area contributed by atoms with E-state index in [1.165, 1.54) is 23.5 Å². The number of fused-ring (bicyclic) bond motifs is 2. The Hall–Kier alpha value is -2.65. The Balaban J connectivity index is 1.74. The van der Waals surface area contributed by atoms with E-state index >= 15 is 0 Å². The molecule has 0 fully saturated rings. The minimum Gasteiger partial charge on any atom is -0.306 e. The number of benzene rings is 2. The molecule has 0 unspecified atom stereocenters. The van der Waals surface area contributed by atoms with E-state index in [2.05, 4.69) is 19.7 Å². The number of hydrogen-bond donors (Lipinski definition) is 3. The molecule has 3 N–H and O–H groups in total. The van der Waals surface area contributed by atoms with Crippen molar-refractivity contribution in [1.29, 1.82) is 0 Å². The predicted octanol–water partition coefficient (Wildman–Crippen LogP) is 2.27. The molecule has 4 aromatic rings. The molecule has 0 spiro atoms. The molecule has 0 saturated heterocycles. The summed E-state index contributed by atoms with van der Waals surface area (Å²) in [6.45, 7) is 0. The molecular formula is C14H10N4O3S2. The minimum atomic E-state index is -3.78. The zero-order valence-electron chi connectivity index (χ0n) is 11.5. The maximum absolute atomic E-state index is 12.5. The molecule has 0 saturated carbocycles. The lowest BCUT2D eigenvalue weighted by molar-refractivity contribution is 0.601. The Kier molecular flexibility index (Phi) is 3.00. The molecule has 0 radical (unpaired) electrons. The van der Waals surface area contributed by atoms with Crippen molar-refractivity contribution in [3.05, 3.63) is 52.9 Å². The number of aromatic amines is 2. The summed E-state index contributed by atoms with van der Waals surface area (Å²) >= 11 is 1.26. The van der Waals surface area contributed by atoms with Gasteiger partial charge in [0, 0.05) is 0 Å². The third-order valence-electron chi connectivity index (χ3n) is 3.31. The van der Waals surface area contributed by atoms with Crippen LogP contribution >= 0.6 is 11.3 Å². The monoisotopic (exact) mass is 346 g/mol. The van der Waals surface area contributed by atoms with E-state index in [0.717, 1.165) is 10.2 Å². The van der Waals surface area contributed by atoms with Gasteiger partial charge in [-0.2, -0.15) is 0 Å². The highest BCUT2D eigenvalue weighted by Crippen LogP contribution is 2.27. The average Bonchev–Trinajstić information content (AvgIpc) is 3.06. The molecule has 4 rings (SSSR count). The van der Waals surface area contributed by atoms with Crippen LogP contribution in [0.25, 0.3) is 21.3 Å². The second-order valence-electron chi connectivity index (χ2n) is 4.88. The molecule has 9 heteroatoms. The Morgan fingerprint density at radius 1 is 1.04 bits per heavy atom.